The molecule has 0 saturated carbocycles. The van der Waals surface area contributed by atoms with Gasteiger partial charge >= 0.3 is 0 Å². The van der Waals surface area contributed by atoms with Crippen LogP contribution in [0.15, 0.2) is 24.3 Å². The highest BCUT2D eigenvalue weighted by atomic mass is 32.1. The minimum absolute atomic E-state index is 0.0349. The van der Waals surface area contributed by atoms with Gasteiger partial charge in [0.1, 0.15) is 10.8 Å². The number of carbonyl (C=O) groups is 2. The topological polar surface area (TPSA) is 75.2 Å². The second-order valence-corrected chi connectivity index (χ2v) is 8.73. The lowest BCUT2D eigenvalue weighted by molar-refractivity contribution is -0.128. The summed E-state index contributed by atoms with van der Waals surface area (Å²) < 4.78 is 13.0. The molecule has 28 heavy (non-hydrogen) atoms. The summed E-state index contributed by atoms with van der Waals surface area (Å²) in [6.45, 7) is 7.17. The van der Waals surface area contributed by atoms with E-state index in [4.69, 9.17) is 0 Å². The number of carbonyl (C=O) groups excluding carboxylic acids is 2. The zero-order valence-corrected chi connectivity index (χ0v) is 17.2. The summed E-state index contributed by atoms with van der Waals surface area (Å²) in [4.78, 5) is 26.5. The molecule has 6 nitrogen and oxygen atoms in total. The van der Waals surface area contributed by atoms with Crippen molar-refractivity contribution in [2.45, 2.75) is 45.4 Å². The van der Waals surface area contributed by atoms with Gasteiger partial charge in [0.2, 0.25) is 16.9 Å². The average Bonchev–Trinajstić information content (AvgIpc) is 3.28. The summed E-state index contributed by atoms with van der Waals surface area (Å²) in [7, 11) is 0. The molecule has 0 radical (unpaired) electrons. The molecular formula is C20H25FN4O2S. The minimum atomic E-state index is -0.396. The van der Waals surface area contributed by atoms with Crippen LogP contribution in [0.3, 0.4) is 0 Å². The van der Waals surface area contributed by atoms with Crippen LogP contribution in [0.5, 0.6) is 0 Å². The number of nitrogens with zero attached hydrogens (tertiary/aromatic N) is 3. The maximum atomic E-state index is 13.0. The number of likely N-dealkylation sites (tertiary alicyclic amines) is 1. The Hall–Kier alpha value is -2.35. The Labute approximate surface area is 168 Å². The Morgan fingerprint density at radius 2 is 2.04 bits per heavy atom. The molecule has 8 heteroatoms. The van der Waals surface area contributed by atoms with Crippen LogP contribution in [0.2, 0.25) is 0 Å². The SMILES string of the molecule is CCC(C)(C)c1nnc(NC(=O)[C@@H]2CC(=O)N(CCc3ccc(F)cc3)C2)s1. The Balaban J connectivity index is 1.54. The maximum absolute atomic E-state index is 13.0. The van der Waals surface area contributed by atoms with Crippen LogP contribution in [-0.4, -0.2) is 40.0 Å². The van der Waals surface area contributed by atoms with Crippen molar-refractivity contribution in [3.8, 4) is 0 Å². The predicted octanol–water partition coefficient (Wildman–Crippen LogP) is 3.39. The lowest BCUT2D eigenvalue weighted by Gasteiger charge is -2.17. The highest BCUT2D eigenvalue weighted by molar-refractivity contribution is 7.15. The fraction of sp³-hybridized carbons (Fsp3) is 0.500. The lowest BCUT2D eigenvalue weighted by Crippen LogP contribution is -2.30. The number of rotatable bonds is 7. The molecule has 1 atom stereocenters. The molecular weight excluding hydrogens is 379 g/mol. The summed E-state index contributed by atoms with van der Waals surface area (Å²) in [5.41, 5.74) is 0.878. The molecule has 1 N–H and O–H groups in total. The summed E-state index contributed by atoms with van der Waals surface area (Å²) >= 11 is 1.38. The summed E-state index contributed by atoms with van der Waals surface area (Å²) in [6, 6.07) is 6.25. The molecule has 1 aliphatic heterocycles. The van der Waals surface area contributed by atoms with Gasteiger partial charge in [-0.05, 0) is 30.5 Å². The van der Waals surface area contributed by atoms with Crippen molar-refractivity contribution in [3.05, 3.63) is 40.7 Å². The molecule has 150 valence electrons. The van der Waals surface area contributed by atoms with Crippen LogP contribution in [0.25, 0.3) is 0 Å². The first kappa shape index (κ1) is 20.4. The Kier molecular flexibility index (Phi) is 6.07. The Morgan fingerprint density at radius 1 is 1.32 bits per heavy atom. The fourth-order valence-corrected chi connectivity index (χ4v) is 3.90. The quantitative estimate of drug-likeness (QED) is 0.768. The normalized spacial score (nSPS) is 17.2. The predicted molar refractivity (Wildman–Crippen MR) is 107 cm³/mol. The van der Waals surface area contributed by atoms with Crippen molar-refractivity contribution in [1.82, 2.24) is 15.1 Å². The number of benzene rings is 1. The van der Waals surface area contributed by atoms with Crippen LogP contribution >= 0.6 is 11.3 Å². The molecule has 0 aliphatic carbocycles. The Bertz CT molecular complexity index is 850. The number of anilines is 1. The van der Waals surface area contributed by atoms with Crippen LogP contribution in [-0.2, 0) is 21.4 Å². The monoisotopic (exact) mass is 404 g/mol. The molecule has 1 fully saturated rings. The molecule has 1 saturated heterocycles. The van der Waals surface area contributed by atoms with E-state index < -0.39 is 5.92 Å². The molecule has 0 unspecified atom stereocenters. The standard InChI is InChI=1S/C20H25FN4O2S/c1-4-20(2,3)18-23-24-19(28-18)22-17(27)14-11-16(26)25(12-14)10-9-13-5-7-15(21)8-6-13/h5-8,14H,4,9-12H2,1-3H3,(H,22,24,27)/t14-/m1/s1. The molecule has 1 aromatic heterocycles. The van der Waals surface area contributed by atoms with Crippen molar-refractivity contribution in [3.63, 3.8) is 0 Å². The van der Waals surface area contributed by atoms with Gasteiger partial charge in [-0.25, -0.2) is 4.39 Å². The number of aromatic nitrogens is 2. The largest absolute Gasteiger partial charge is 0.342 e. The van der Waals surface area contributed by atoms with E-state index in [0.717, 1.165) is 17.0 Å². The van der Waals surface area contributed by atoms with Gasteiger partial charge in [0.25, 0.3) is 0 Å². The summed E-state index contributed by atoms with van der Waals surface area (Å²) in [6.07, 6.45) is 1.75. The molecule has 2 heterocycles. The maximum Gasteiger partial charge on any atom is 0.231 e. The molecule has 0 spiro atoms. The first-order valence-corrected chi connectivity index (χ1v) is 10.3. The zero-order valence-electron chi connectivity index (χ0n) is 16.4. The third-order valence-corrected chi connectivity index (χ3v) is 6.49. The number of amides is 2. The van der Waals surface area contributed by atoms with Crippen LogP contribution < -0.4 is 5.32 Å². The van der Waals surface area contributed by atoms with Gasteiger partial charge in [0.05, 0.1) is 5.92 Å². The van der Waals surface area contributed by atoms with E-state index in [0.29, 0.717) is 24.6 Å². The van der Waals surface area contributed by atoms with Gasteiger partial charge < -0.3 is 10.2 Å². The van der Waals surface area contributed by atoms with Gasteiger partial charge in [-0.15, -0.1) is 10.2 Å². The van der Waals surface area contributed by atoms with E-state index in [1.165, 1.54) is 23.5 Å². The van der Waals surface area contributed by atoms with Crippen LogP contribution in [0.4, 0.5) is 9.52 Å². The number of nitrogens with one attached hydrogen (secondary N) is 1. The van der Waals surface area contributed by atoms with Crippen LogP contribution in [0, 0.1) is 11.7 Å². The fourth-order valence-electron chi connectivity index (χ4n) is 2.98. The highest BCUT2D eigenvalue weighted by Crippen LogP contribution is 2.31. The van der Waals surface area contributed by atoms with Crippen molar-refractivity contribution >= 4 is 28.3 Å². The minimum Gasteiger partial charge on any atom is -0.342 e. The highest BCUT2D eigenvalue weighted by Gasteiger charge is 2.34. The molecule has 2 aromatic rings. The van der Waals surface area contributed by atoms with Gasteiger partial charge in [-0.2, -0.15) is 0 Å². The van der Waals surface area contributed by atoms with Crippen molar-refractivity contribution in [2.24, 2.45) is 5.92 Å². The van der Waals surface area contributed by atoms with E-state index in [9.17, 15) is 14.0 Å². The van der Waals surface area contributed by atoms with E-state index in [2.05, 4.69) is 36.3 Å². The molecule has 3 rings (SSSR count). The molecule has 1 aliphatic rings. The van der Waals surface area contributed by atoms with Gasteiger partial charge in [-0.1, -0.05) is 44.2 Å². The smallest absolute Gasteiger partial charge is 0.231 e. The van der Waals surface area contributed by atoms with E-state index in [1.807, 2.05) is 0 Å². The first-order valence-electron chi connectivity index (χ1n) is 9.45. The third-order valence-electron chi connectivity index (χ3n) is 5.29. The molecule has 2 amide bonds. The number of hydrogen-bond donors (Lipinski definition) is 1. The lowest BCUT2D eigenvalue weighted by atomic mass is 9.91. The van der Waals surface area contributed by atoms with Crippen molar-refractivity contribution in [1.29, 1.82) is 0 Å². The number of hydrogen-bond acceptors (Lipinski definition) is 5. The average molecular weight is 405 g/mol. The van der Waals surface area contributed by atoms with Crippen LogP contribution in [0.1, 0.15) is 44.2 Å². The second kappa shape index (κ2) is 8.34. The molecule has 1 aromatic carbocycles. The first-order chi connectivity index (χ1) is 13.3. The van der Waals surface area contributed by atoms with E-state index in [-0.39, 0.29) is 29.5 Å². The van der Waals surface area contributed by atoms with Crippen molar-refractivity contribution in [2.75, 3.05) is 18.4 Å². The Morgan fingerprint density at radius 3 is 2.71 bits per heavy atom. The molecule has 0 bridgehead atoms. The number of halogens is 1. The summed E-state index contributed by atoms with van der Waals surface area (Å²) in [5, 5.41) is 12.4. The second-order valence-electron chi connectivity index (χ2n) is 7.76. The third kappa shape index (κ3) is 4.73. The summed E-state index contributed by atoms with van der Waals surface area (Å²) in [5.74, 6) is -0.908. The van der Waals surface area contributed by atoms with Crippen molar-refractivity contribution < 1.29 is 14.0 Å². The zero-order chi connectivity index (χ0) is 20.3. The van der Waals surface area contributed by atoms with Gasteiger partial charge in [0, 0.05) is 24.9 Å². The van der Waals surface area contributed by atoms with E-state index >= 15 is 0 Å². The van der Waals surface area contributed by atoms with Gasteiger partial charge in [-0.3, -0.25) is 9.59 Å². The van der Waals surface area contributed by atoms with E-state index in [1.54, 1.807) is 17.0 Å². The van der Waals surface area contributed by atoms with Gasteiger partial charge in [0.15, 0.2) is 0 Å².